The monoisotopic (exact) mass is 339 g/mol. The Kier molecular flexibility index (Phi) is 6.02. The molecule has 0 bridgehead atoms. The largest absolute Gasteiger partial charge is 0.493 e. The summed E-state index contributed by atoms with van der Waals surface area (Å²) in [6, 6.07) is 11.2. The van der Waals surface area contributed by atoms with Gasteiger partial charge in [-0.3, -0.25) is 4.79 Å². The molecule has 0 aliphatic heterocycles. The number of nitrogens with zero attached hydrogens (tertiary/aromatic N) is 1. The number of aryl methyl sites for hydroxylation is 3. The number of benzene rings is 2. The van der Waals surface area contributed by atoms with Crippen molar-refractivity contribution in [1.29, 1.82) is 5.26 Å². The highest BCUT2D eigenvalue weighted by atomic mass is 16.5. The van der Waals surface area contributed by atoms with E-state index in [1.165, 1.54) is 0 Å². The third kappa shape index (κ3) is 4.74. The van der Waals surface area contributed by atoms with Crippen molar-refractivity contribution in [2.24, 2.45) is 0 Å². The van der Waals surface area contributed by atoms with Gasteiger partial charge in [-0.1, -0.05) is 6.07 Å². The molecule has 0 aliphatic rings. The summed E-state index contributed by atoms with van der Waals surface area (Å²) in [6.07, 6.45) is 0.453. The molecule has 0 amide bonds. The molecule has 0 aliphatic carbocycles. The third-order valence-electron chi connectivity index (χ3n) is 3.80. The first kappa shape index (κ1) is 18.3. The molecule has 2 rings (SSSR count). The summed E-state index contributed by atoms with van der Waals surface area (Å²) in [5.41, 5.74) is 3.22. The molecule has 0 heterocycles. The van der Waals surface area contributed by atoms with Crippen LogP contribution in [-0.2, 0) is 11.2 Å². The molecule has 0 radical (unpaired) electrons. The van der Waals surface area contributed by atoms with Gasteiger partial charge in [-0.05, 0) is 62.1 Å². The zero-order valence-corrected chi connectivity index (χ0v) is 14.6. The topological polar surface area (TPSA) is 79.5 Å². The summed E-state index contributed by atoms with van der Waals surface area (Å²) in [5.74, 6) is 1.04. The van der Waals surface area contributed by atoms with Gasteiger partial charge in [0.1, 0.15) is 17.2 Å². The molecule has 0 unspecified atom stereocenters. The molecule has 0 atom stereocenters. The third-order valence-corrected chi connectivity index (χ3v) is 3.80. The minimum absolute atomic E-state index is 0.0499. The highest BCUT2D eigenvalue weighted by Gasteiger charge is 2.10. The van der Waals surface area contributed by atoms with Crippen LogP contribution in [0.15, 0.2) is 30.3 Å². The van der Waals surface area contributed by atoms with Crippen molar-refractivity contribution in [2.75, 3.05) is 6.61 Å². The maximum absolute atomic E-state index is 10.8. The Morgan fingerprint density at radius 3 is 2.40 bits per heavy atom. The lowest BCUT2D eigenvalue weighted by molar-refractivity contribution is -0.136. The Bertz CT molecular complexity index is 798. The summed E-state index contributed by atoms with van der Waals surface area (Å²) < 4.78 is 11.5. The van der Waals surface area contributed by atoms with Crippen molar-refractivity contribution >= 4 is 5.97 Å². The summed E-state index contributed by atoms with van der Waals surface area (Å²) in [6.45, 7) is 6.11. The van der Waals surface area contributed by atoms with E-state index in [9.17, 15) is 4.79 Å². The molecular weight excluding hydrogens is 318 g/mol. The van der Waals surface area contributed by atoms with Crippen molar-refractivity contribution in [2.45, 2.75) is 33.6 Å². The first-order valence-corrected chi connectivity index (χ1v) is 8.11. The number of carboxylic acid groups (broad SMARTS) is 1. The fourth-order valence-electron chi connectivity index (χ4n) is 2.63. The van der Waals surface area contributed by atoms with Gasteiger partial charge in [-0.15, -0.1) is 0 Å². The average Bonchev–Trinajstić information content (AvgIpc) is 2.54. The molecule has 130 valence electrons. The van der Waals surface area contributed by atoms with Gasteiger partial charge in [-0.2, -0.15) is 5.26 Å². The fourth-order valence-corrected chi connectivity index (χ4v) is 2.63. The van der Waals surface area contributed by atoms with E-state index in [0.29, 0.717) is 35.8 Å². The Hall–Kier alpha value is -3.00. The highest BCUT2D eigenvalue weighted by molar-refractivity contribution is 5.67. The number of aliphatic carboxylic acids is 1. The first-order chi connectivity index (χ1) is 11.9. The lowest BCUT2D eigenvalue weighted by Gasteiger charge is -2.13. The number of carboxylic acids is 1. The van der Waals surface area contributed by atoms with E-state index in [1.807, 2.05) is 39.0 Å². The number of nitriles is 1. The van der Waals surface area contributed by atoms with E-state index < -0.39 is 5.97 Å². The Balaban J connectivity index is 2.27. The van der Waals surface area contributed by atoms with Gasteiger partial charge in [0.05, 0.1) is 18.2 Å². The predicted molar refractivity (Wildman–Crippen MR) is 94.3 cm³/mol. The van der Waals surface area contributed by atoms with Crippen LogP contribution < -0.4 is 9.47 Å². The van der Waals surface area contributed by atoms with Gasteiger partial charge in [0.25, 0.3) is 0 Å². The molecule has 1 N–H and O–H groups in total. The molecule has 2 aromatic rings. The molecule has 2 aromatic carbocycles. The molecule has 0 aromatic heterocycles. The van der Waals surface area contributed by atoms with Crippen LogP contribution >= 0.6 is 0 Å². The predicted octanol–water partition coefficient (Wildman–Crippen LogP) is 4.38. The summed E-state index contributed by atoms with van der Waals surface area (Å²) in [5, 5.41) is 18.0. The number of carbonyl (C=O) groups is 1. The molecule has 5 nitrogen and oxygen atoms in total. The van der Waals surface area contributed by atoms with E-state index in [1.54, 1.807) is 12.1 Å². The lowest BCUT2D eigenvalue weighted by Crippen LogP contribution is -2.01. The SMILES string of the molecule is CCOc1cc(Oc2cc(C)c(C#N)c(C)c2)ccc1CCC(=O)O. The number of hydrogen-bond acceptors (Lipinski definition) is 4. The molecule has 0 saturated heterocycles. The molecular formula is C20H21NO4. The van der Waals surface area contributed by atoms with Crippen LogP contribution in [0, 0.1) is 25.2 Å². The number of ether oxygens (including phenoxy) is 2. The van der Waals surface area contributed by atoms with Crippen LogP contribution in [0.1, 0.15) is 35.6 Å². The van der Waals surface area contributed by atoms with Crippen LogP contribution in [0.4, 0.5) is 0 Å². The number of rotatable bonds is 7. The maximum Gasteiger partial charge on any atom is 0.303 e. The molecule has 0 spiro atoms. The van der Waals surface area contributed by atoms with Gasteiger partial charge >= 0.3 is 5.97 Å². The van der Waals surface area contributed by atoms with Crippen molar-refractivity contribution < 1.29 is 19.4 Å². The Morgan fingerprint density at radius 2 is 1.84 bits per heavy atom. The second kappa shape index (κ2) is 8.20. The van der Waals surface area contributed by atoms with Crippen LogP contribution in [-0.4, -0.2) is 17.7 Å². The lowest BCUT2D eigenvalue weighted by atomic mass is 10.0. The number of hydrogen-bond donors (Lipinski definition) is 1. The van der Waals surface area contributed by atoms with Crippen molar-refractivity contribution in [3.05, 3.63) is 52.6 Å². The van der Waals surface area contributed by atoms with Gasteiger partial charge in [0, 0.05) is 12.5 Å². The summed E-state index contributed by atoms with van der Waals surface area (Å²) >= 11 is 0. The van der Waals surface area contributed by atoms with E-state index in [4.69, 9.17) is 19.8 Å². The Morgan fingerprint density at radius 1 is 1.16 bits per heavy atom. The Labute approximate surface area is 147 Å². The standard InChI is InChI=1S/C20H21NO4/c1-4-24-19-11-16(7-5-15(19)6-8-20(22)23)25-17-9-13(2)18(12-21)14(3)10-17/h5,7,9-11H,4,6,8H2,1-3H3,(H,22,23). The summed E-state index contributed by atoms with van der Waals surface area (Å²) in [7, 11) is 0. The fraction of sp³-hybridized carbons (Fsp3) is 0.300. The van der Waals surface area contributed by atoms with Gasteiger partial charge in [0.2, 0.25) is 0 Å². The van der Waals surface area contributed by atoms with Crippen molar-refractivity contribution in [3.8, 4) is 23.3 Å². The second-order valence-corrected chi connectivity index (χ2v) is 5.74. The van der Waals surface area contributed by atoms with Crippen LogP contribution in [0.5, 0.6) is 17.2 Å². The zero-order valence-electron chi connectivity index (χ0n) is 14.6. The van der Waals surface area contributed by atoms with Crippen LogP contribution in [0.3, 0.4) is 0 Å². The van der Waals surface area contributed by atoms with E-state index in [2.05, 4.69) is 6.07 Å². The zero-order chi connectivity index (χ0) is 18.4. The molecule has 25 heavy (non-hydrogen) atoms. The van der Waals surface area contributed by atoms with E-state index in [-0.39, 0.29) is 6.42 Å². The van der Waals surface area contributed by atoms with Gasteiger partial charge < -0.3 is 14.6 Å². The average molecular weight is 339 g/mol. The second-order valence-electron chi connectivity index (χ2n) is 5.74. The highest BCUT2D eigenvalue weighted by Crippen LogP contribution is 2.31. The molecule has 0 fully saturated rings. The van der Waals surface area contributed by atoms with Crippen molar-refractivity contribution in [1.82, 2.24) is 0 Å². The first-order valence-electron chi connectivity index (χ1n) is 8.11. The maximum atomic E-state index is 10.8. The van der Waals surface area contributed by atoms with Crippen molar-refractivity contribution in [3.63, 3.8) is 0 Å². The minimum atomic E-state index is -0.841. The quantitative estimate of drug-likeness (QED) is 0.809. The van der Waals surface area contributed by atoms with Crippen LogP contribution in [0.2, 0.25) is 0 Å². The van der Waals surface area contributed by atoms with Gasteiger partial charge in [0.15, 0.2) is 0 Å². The van der Waals surface area contributed by atoms with Gasteiger partial charge in [-0.25, -0.2) is 0 Å². The normalized spacial score (nSPS) is 10.2. The molecule has 0 saturated carbocycles. The van der Waals surface area contributed by atoms with E-state index in [0.717, 1.165) is 16.7 Å². The summed E-state index contributed by atoms with van der Waals surface area (Å²) in [4.78, 5) is 10.8. The minimum Gasteiger partial charge on any atom is -0.493 e. The molecule has 5 heteroatoms. The van der Waals surface area contributed by atoms with E-state index >= 15 is 0 Å². The van der Waals surface area contributed by atoms with Crippen LogP contribution in [0.25, 0.3) is 0 Å². The smallest absolute Gasteiger partial charge is 0.303 e.